The zero-order chi connectivity index (χ0) is 16.4. The molecule has 0 aliphatic carbocycles. The van der Waals surface area contributed by atoms with Gasteiger partial charge < -0.3 is 10.2 Å². The van der Waals surface area contributed by atoms with Crippen LogP contribution >= 0.6 is 11.3 Å². The van der Waals surface area contributed by atoms with Crippen molar-refractivity contribution >= 4 is 27.5 Å². The summed E-state index contributed by atoms with van der Waals surface area (Å²) in [5.74, 6) is 0.701. The minimum absolute atomic E-state index is 0.257. The third-order valence-electron chi connectivity index (χ3n) is 4.03. The molecule has 1 aliphatic rings. The van der Waals surface area contributed by atoms with Gasteiger partial charge in [0.25, 0.3) is 0 Å². The maximum Gasteiger partial charge on any atom is 0.225 e. The largest absolute Gasteiger partial charge is 0.338 e. The van der Waals surface area contributed by atoms with Crippen LogP contribution in [0.4, 0.5) is 5.95 Å². The standard InChI is InChI=1S/C17H16N6S/c18-6-5-13-12(16-21-14-3-1-2-4-15(14)24-16)11-20-17(22-13)23-9-7-19-8-10-23/h1-4,11,19H,5,7-10H2. The Morgan fingerprint density at radius 3 is 2.83 bits per heavy atom. The third-order valence-corrected chi connectivity index (χ3v) is 5.10. The number of thiazole rings is 1. The molecular weight excluding hydrogens is 320 g/mol. The number of aromatic nitrogens is 3. The Hall–Kier alpha value is -2.56. The van der Waals surface area contributed by atoms with Gasteiger partial charge in [-0.3, -0.25) is 0 Å². The molecule has 0 radical (unpaired) electrons. The van der Waals surface area contributed by atoms with E-state index in [9.17, 15) is 5.26 Å². The second-order valence-corrected chi connectivity index (χ2v) is 6.62. The Bertz CT molecular complexity index is 874. The molecule has 7 heteroatoms. The lowest BCUT2D eigenvalue weighted by Crippen LogP contribution is -2.44. The first-order valence-electron chi connectivity index (χ1n) is 7.89. The summed E-state index contributed by atoms with van der Waals surface area (Å²) >= 11 is 1.61. The van der Waals surface area contributed by atoms with Crippen LogP contribution in [0.2, 0.25) is 0 Å². The summed E-state index contributed by atoms with van der Waals surface area (Å²) in [5.41, 5.74) is 2.57. The van der Waals surface area contributed by atoms with Gasteiger partial charge in [-0.15, -0.1) is 11.3 Å². The number of nitriles is 1. The summed E-state index contributed by atoms with van der Waals surface area (Å²) in [6.07, 6.45) is 2.07. The first-order chi connectivity index (χ1) is 11.8. The molecule has 1 aliphatic heterocycles. The number of hydrogen-bond acceptors (Lipinski definition) is 7. The molecule has 1 saturated heterocycles. The summed E-state index contributed by atoms with van der Waals surface area (Å²) in [6.45, 7) is 3.62. The average molecular weight is 336 g/mol. The quantitative estimate of drug-likeness (QED) is 0.790. The van der Waals surface area contributed by atoms with E-state index in [-0.39, 0.29) is 6.42 Å². The van der Waals surface area contributed by atoms with Gasteiger partial charge in [-0.1, -0.05) is 12.1 Å². The first kappa shape index (κ1) is 15.0. The maximum atomic E-state index is 9.18. The molecule has 0 bridgehead atoms. The normalized spacial score (nSPS) is 14.7. The van der Waals surface area contributed by atoms with E-state index >= 15 is 0 Å². The van der Waals surface area contributed by atoms with E-state index in [4.69, 9.17) is 0 Å². The Morgan fingerprint density at radius 1 is 1.21 bits per heavy atom. The van der Waals surface area contributed by atoms with Gasteiger partial charge in [0, 0.05) is 32.4 Å². The fourth-order valence-electron chi connectivity index (χ4n) is 2.80. The number of nitrogens with zero attached hydrogens (tertiary/aromatic N) is 5. The molecule has 1 N–H and O–H groups in total. The van der Waals surface area contributed by atoms with Crippen molar-refractivity contribution in [3.63, 3.8) is 0 Å². The predicted molar refractivity (Wildman–Crippen MR) is 95.0 cm³/mol. The van der Waals surface area contributed by atoms with Gasteiger partial charge in [0.2, 0.25) is 5.95 Å². The fraction of sp³-hybridized carbons (Fsp3) is 0.294. The Balaban J connectivity index is 1.75. The van der Waals surface area contributed by atoms with Crippen molar-refractivity contribution in [2.75, 3.05) is 31.1 Å². The van der Waals surface area contributed by atoms with Gasteiger partial charge in [0.15, 0.2) is 0 Å². The highest BCUT2D eigenvalue weighted by Crippen LogP contribution is 2.32. The van der Waals surface area contributed by atoms with Crippen LogP contribution in [0.25, 0.3) is 20.8 Å². The van der Waals surface area contributed by atoms with Crippen molar-refractivity contribution in [2.45, 2.75) is 6.42 Å². The number of fused-ring (bicyclic) bond motifs is 1. The molecule has 1 fully saturated rings. The maximum absolute atomic E-state index is 9.18. The number of hydrogen-bond donors (Lipinski definition) is 1. The molecule has 0 unspecified atom stereocenters. The Morgan fingerprint density at radius 2 is 2.04 bits per heavy atom. The first-order valence-corrected chi connectivity index (χ1v) is 8.71. The molecule has 24 heavy (non-hydrogen) atoms. The molecule has 0 atom stereocenters. The molecule has 6 nitrogen and oxygen atoms in total. The molecule has 3 aromatic rings. The van der Waals surface area contributed by atoms with Crippen LogP contribution in [0.5, 0.6) is 0 Å². The van der Waals surface area contributed by atoms with Crippen molar-refractivity contribution < 1.29 is 0 Å². The predicted octanol–water partition coefficient (Wildman–Crippen LogP) is 2.23. The van der Waals surface area contributed by atoms with Crippen LogP contribution in [0.3, 0.4) is 0 Å². The van der Waals surface area contributed by atoms with Gasteiger partial charge in [-0.05, 0) is 12.1 Å². The van der Waals surface area contributed by atoms with Crippen LogP contribution in [0.15, 0.2) is 30.5 Å². The Labute approximate surface area is 143 Å². The van der Waals surface area contributed by atoms with Crippen LogP contribution < -0.4 is 10.2 Å². The summed E-state index contributed by atoms with van der Waals surface area (Å²) in [5, 5.41) is 13.4. The topological polar surface area (TPSA) is 77.7 Å². The highest BCUT2D eigenvalue weighted by Gasteiger charge is 2.17. The van der Waals surface area contributed by atoms with Crippen molar-refractivity contribution in [1.82, 2.24) is 20.3 Å². The number of nitrogens with one attached hydrogen (secondary N) is 1. The van der Waals surface area contributed by atoms with Gasteiger partial charge >= 0.3 is 0 Å². The second-order valence-electron chi connectivity index (χ2n) is 5.59. The molecule has 4 rings (SSSR count). The number of benzene rings is 1. The number of para-hydroxylation sites is 1. The van der Waals surface area contributed by atoms with E-state index in [1.165, 1.54) is 0 Å². The van der Waals surface area contributed by atoms with Crippen molar-refractivity contribution in [3.8, 4) is 16.6 Å². The van der Waals surface area contributed by atoms with E-state index in [1.807, 2.05) is 24.4 Å². The molecule has 3 heterocycles. The van der Waals surface area contributed by atoms with E-state index in [1.54, 1.807) is 11.3 Å². The fourth-order valence-corrected chi connectivity index (χ4v) is 3.80. The average Bonchev–Trinajstić information content (AvgIpc) is 3.06. The van der Waals surface area contributed by atoms with Crippen LogP contribution in [0.1, 0.15) is 5.69 Å². The van der Waals surface area contributed by atoms with Gasteiger partial charge in [-0.2, -0.15) is 5.26 Å². The number of anilines is 1. The van der Waals surface area contributed by atoms with E-state index in [2.05, 4.69) is 37.3 Å². The molecule has 0 amide bonds. The van der Waals surface area contributed by atoms with Gasteiger partial charge in [0.1, 0.15) is 5.01 Å². The lowest BCUT2D eigenvalue weighted by Gasteiger charge is -2.27. The highest BCUT2D eigenvalue weighted by molar-refractivity contribution is 7.21. The molecule has 2 aromatic heterocycles. The van der Waals surface area contributed by atoms with Crippen molar-refractivity contribution in [1.29, 1.82) is 5.26 Å². The molecule has 0 saturated carbocycles. The smallest absolute Gasteiger partial charge is 0.225 e. The molecule has 1 aromatic carbocycles. The SMILES string of the molecule is N#CCc1nc(N2CCNCC2)ncc1-c1nc2ccccc2s1. The summed E-state index contributed by atoms with van der Waals surface area (Å²) in [6, 6.07) is 10.2. The van der Waals surface area contributed by atoms with Crippen LogP contribution in [0, 0.1) is 11.3 Å². The second kappa shape index (κ2) is 6.51. The van der Waals surface area contributed by atoms with Gasteiger partial charge in [0.05, 0.1) is 34.0 Å². The summed E-state index contributed by atoms with van der Waals surface area (Å²) in [7, 11) is 0. The van der Waals surface area contributed by atoms with Crippen molar-refractivity contribution in [2.24, 2.45) is 0 Å². The zero-order valence-corrected chi connectivity index (χ0v) is 13.9. The number of piperazine rings is 1. The van der Waals surface area contributed by atoms with Gasteiger partial charge in [-0.25, -0.2) is 15.0 Å². The molecular formula is C17H16N6S. The highest BCUT2D eigenvalue weighted by atomic mass is 32.1. The lowest BCUT2D eigenvalue weighted by molar-refractivity contribution is 0.579. The Kier molecular flexibility index (Phi) is 4.07. The lowest BCUT2D eigenvalue weighted by atomic mass is 10.2. The monoisotopic (exact) mass is 336 g/mol. The number of rotatable bonds is 3. The van der Waals surface area contributed by atoms with Crippen LogP contribution in [-0.4, -0.2) is 41.1 Å². The van der Waals surface area contributed by atoms with E-state index in [0.717, 1.165) is 52.7 Å². The molecule has 0 spiro atoms. The minimum Gasteiger partial charge on any atom is -0.338 e. The third kappa shape index (κ3) is 2.82. The zero-order valence-electron chi connectivity index (χ0n) is 13.1. The van der Waals surface area contributed by atoms with E-state index < -0.39 is 0 Å². The molecule has 120 valence electrons. The van der Waals surface area contributed by atoms with E-state index in [0.29, 0.717) is 5.95 Å². The summed E-state index contributed by atoms with van der Waals surface area (Å²) in [4.78, 5) is 16.0. The van der Waals surface area contributed by atoms with Crippen LogP contribution in [-0.2, 0) is 6.42 Å². The summed E-state index contributed by atoms with van der Waals surface area (Å²) < 4.78 is 1.13. The minimum atomic E-state index is 0.257. The van der Waals surface area contributed by atoms with Crippen molar-refractivity contribution in [3.05, 3.63) is 36.2 Å².